The number of hydrogen-bond acceptors (Lipinski definition) is 3. The zero-order chi connectivity index (χ0) is 19.1. The van der Waals surface area contributed by atoms with Crippen LogP contribution in [0.3, 0.4) is 0 Å². The molecule has 3 heteroatoms. The molecule has 0 N–H and O–H groups in total. The molecule has 3 rings (SSSR count). The molecule has 3 aromatic rings. The molecule has 0 spiro atoms. The SMILES string of the molecule is COc1ccccc1/C=C(\Cc1ccccc1OC)c1ccccc1OC. The van der Waals surface area contributed by atoms with Crippen molar-refractivity contribution in [1.82, 2.24) is 0 Å². The molecule has 0 bridgehead atoms. The topological polar surface area (TPSA) is 27.7 Å². The minimum atomic E-state index is 0.711. The van der Waals surface area contributed by atoms with E-state index in [0.717, 1.165) is 39.5 Å². The zero-order valence-electron chi connectivity index (χ0n) is 15.9. The Kier molecular flexibility index (Phi) is 6.16. The van der Waals surface area contributed by atoms with Gasteiger partial charge in [0.05, 0.1) is 21.3 Å². The summed E-state index contributed by atoms with van der Waals surface area (Å²) in [6.45, 7) is 0. The minimum Gasteiger partial charge on any atom is -0.496 e. The summed E-state index contributed by atoms with van der Waals surface area (Å²) in [5.74, 6) is 2.55. The molecule has 0 unspecified atom stereocenters. The fourth-order valence-electron chi connectivity index (χ4n) is 3.16. The van der Waals surface area contributed by atoms with Crippen molar-refractivity contribution in [3.8, 4) is 17.2 Å². The Morgan fingerprint density at radius 2 is 1.22 bits per heavy atom. The Morgan fingerprint density at radius 3 is 1.93 bits per heavy atom. The number of rotatable bonds is 7. The molecule has 0 heterocycles. The average Bonchev–Trinajstić information content (AvgIpc) is 2.74. The van der Waals surface area contributed by atoms with Gasteiger partial charge < -0.3 is 14.2 Å². The van der Waals surface area contributed by atoms with E-state index in [1.54, 1.807) is 21.3 Å². The van der Waals surface area contributed by atoms with E-state index in [1.165, 1.54) is 0 Å². The van der Waals surface area contributed by atoms with E-state index in [4.69, 9.17) is 14.2 Å². The molecule has 0 amide bonds. The molecule has 0 aromatic heterocycles. The highest BCUT2D eigenvalue weighted by molar-refractivity contribution is 5.86. The van der Waals surface area contributed by atoms with Crippen LogP contribution in [0, 0.1) is 0 Å². The number of methoxy groups -OCH3 is 3. The second-order valence-corrected chi connectivity index (χ2v) is 6.10. The van der Waals surface area contributed by atoms with Crippen LogP contribution < -0.4 is 14.2 Å². The van der Waals surface area contributed by atoms with Crippen LogP contribution in [0.15, 0.2) is 72.8 Å². The van der Waals surface area contributed by atoms with E-state index < -0.39 is 0 Å². The van der Waals surface area contributed by atoms with Gasteiger partial charge in [-0.3, -0.25) is 0 Å². The second kappa shape index (κ2) is 8.95. The monoisotopic (exact) mass is 360 g/mol. The first-order valence-corrected chi connectivity index (χ1v) is 8.85. The molecule has 0 aliphatic heterocycles. The molecule has 27 heavy (non-hydrogen) atoms. The molecule has 3 aromatic carbocycles. The molecule has 0 saturated carbocycles. The summed E-state index contributed by atoms with van der Waals surface area (Å²) in [7, 11) is 5.09. The molecule has 0 aliphatic carbocycles. The van der Waals surface area contributed by atoms with Gasteiger partial charge in [0.25, 0.3) is 0 Å². The van der Waals surface area contributed by atoms with E-state index in [0.29, 0.717) is 6.42 Å². The van der Waals surface area contributed by atoms with Crippen LogP contribution in [0.4, 0.5) is 0 Å². The van der Waals surface area contributed by atoms with E-state index in [-0.39, 0.29) is 0 Å². The van der Waals surface area contributed by atoms with Gasteiger partial charge in [0.15, 0.2) is 0 Å². The molecule has 3 nitrogen and oxygen atoms in total. The maximum absolute atomic E-state index is 5.61. The normalized spacial score (nSPS) is 11.1. The van der Waals surface area contributed by atoms with Crippen molar-refractivity contribution in [3.63, 3.8) is 0 Å². The second-order valence-electron chi connectivity index (χ2n) is 6.10. The minimum absolute atomic E-state index is 0.711. The van der Waals surface area contributed by atoms with Gasteiger partial charge in [-0.2, -0.15) is 0 Å². The molecule has 0 radical (unpaired) electrons. The zero-order valence-corrected chi connectivity index (χ0v) is 15.9. The van der Waals surface area contributed by atoms with Crippen LogP contribution in [0.5, 0.6) is 17.2 Å². The molecule has 0 saturated heterocycles. The van der Waals surface area contributed by atoms with Crippen molar-refractivity contribution in [2.45, 2.75) is 6.42 Å². The first-order chi connectivity index (χ1) is 13.3. The highest BCUT2D eigenvalue weighted by Crippen LogP contribution is 2.34. The van der Waals surface area contributed by atoms with Crippen LogP contribution in [0.25, 0.3) is 11.6 Å². The van der Waals surface area contributed by atoms with E-state index >= 15 is 0 Å². The molecule has 0 fully saturated rings. The Bertz CT molecular complexity index is 928. The van der Waals surface area contributed by atoms with Crippen LogP contribution in [0.2, 0.25) is 0 Å². The quantitative estimate of drug-likeness (QED) is 0.521. The smallest absolute Gasteiger partial charge is 0.126 e. The lowest BCUT2D eigenvalue weighted by atomic mass is 9.94. The van der Waals surface area contributed by atoms with E-state index in [1.807, 2.05) is 54.6 Å². The average molecular weight is 360 g/mol. The number of benzene rings is 3. The van der Waals surface area contributed by atoms with Crippen molar-refractivity contribution >= 4 is 11.6 Å². The van der Waals surface area contributed by atoms with Crippen LogP contribution in [-0.4, -0.2) is 21.3 Å². The number of para-hydroxylation sites is 3. The fraction of sp³-hybridized carbons (Fsp3) is 0.167. The third kappa shape index (κ3) is 4.32. The first-order valence-electron chi connectivity index (χ1n) is 8.85. The summed E-state index contributed by atoms with van der Waals surface area (Å²) < 4.78 is 16.7. The van der Waals surface area contributed by atoms with Gasteiger partial charge in [-0.25, -0.2) is 0 Å². The van der Waals surface area contributed by atoms with Gasteiger partial charge in [0.2, 0.25) is 0 Å². The van der Waals surface area contributed by atoms with Gasteiger partial charge >= 0.3 is 0 Å². The van der Waals surface area contributed by atoms with Crippen LogP contribution >= 0.6 is 0 Å². The lowest BCUT2D eigenvalue weighted by Crippen LogP contribution is -1.98. The van der Waals surface area contributed by atoms with Crippen LogP contribution in [-0.2, 0) is 6.42 Å². The number of allylic oxidation sites excluding steroid dienone is 1. The third-order valence-corrected chi connectivity index (χ3v) is 4.50. The van der Waals surface area contributed by atoms with Crippen molar-refractivity contribution < 1.29 is 14.2 Å². The predicted octanol–water partition coefficient (Wildman–Crippen LogP) is 5.50. The van der Waals surface area contributed by atoms with Gasteiger partial charge in [-0.05, 0) is 35.4 Å². The Morgan fingerprint density at radius 1 is 0.667 bits per heavy atom. The van der Waals surface area contributed by atoms with Crippen molar-refractivity contribution in [2.75, 3.05) is 21.3 Å². The van der Waals surface area contributed by atoms with E-state index in [9.17, 15) is 0 Å². The maximum Gasteiger partial charge on any atom is 0.126 e. The maximum atomic E-state index is 5.61. The van der Waals surface area contributed by atoms with E-state index in [2.05, 4.69) is 24.3 Å². The summed E-state index contributed by atoms with van der Waals surface area (Å²) in [5, 5.41) is 0. The summed E-state index contributed by atoms with van der Waals surface area (Å²) in [6, 6.07) is 24.1. The molecule has 138 valence electrons. The number of ether oxygens (including phenoxy) is 3. The third-order valence-electron chi connectivity index (χ3n) is 4.50. The summed E-state index contributed by atoms with van der Waals surface area (Å²) in [4.78, 5) is 0. The largest absolute Gasteiger partial charge is 0.496 e. The van der Waals surface area contributed by atoms with Crippen molar-refractivity contribution in [2.24, 2.45) is 0 Å². The summed E-state index contributed by atoms with van der Waals surface area (Å²) >= 11 is 0. The summed E-state index contributed by atoms with van der Waals surface area (Å²) in [5.41, 5.74) is 4.32. The standard InChI is InChI=1S/C24H24O3/c1-25-22-13-7-4-10-18(22)16-20(21-12-6-9-15-24(21)27-3)17-19-11-5-8-14-23(19)26-2/h4-16H,17H2,1-3H3/b20-16+. The van der Waals surface area contributed by atoms with Crippen molar-refractivity contribution in [1.29, 1.82) is 0 Å². The van der Waals surface area contributed by atoms with Gasteiger partial charge in [0, 0.05) is 17.5 Å². The van der Waals surface area contributed by atoms with Crippen LogP contribution in [0.1, 0.15) is 16.7 Å². The molecule has 0 aliphatic rings. The molecule has 0 atom stereocenters. The van der Waals surface area contributed by atoms with Gasteiger partial charge in [-0.1, -0.05) is 54.6 Å². The number of hydrogen-bond donors (Lipinski definition) is 0. The Hall–Kier alpha value is -3.20. The first kappa shape index (κ1) is 18.6. The highest BCUT2D eigenvalue weighted by atomic mass is 16.5. The Labute approximate surface area is 160 Å². The van der Waals surface area contributed by atoms with Gasteiger partial charge in [-0.15, -0.1) is 0 Å². The molecular weight excluding hydrogens is 336 g/mol. The Balaban J connectivity index is 2.13. The summed E-state index contributed by atoms with van der Waals surface area (Å²) in [6.07, 6.45) is 2.87. The fourth-order valence-corrected chi connectivity index (χ4v) is 3.16. The van der Waals surface area contributed by atoms with Gasteiger partial charge in [0.1, 0.15) is 17.2 Å². The predicted molar refractivity (Wildman–Crippen MR) is 111 cm³/mol. The highest BCUT2D eigenvalue weighted by Gasteiger charge is 2.13. The lowest BCUT2D eigenvalue weighted by molar-refractivity contribution is 0.410. The molecular formula is C24H24O3. The lowest BCUT2D eigenvalue weighted by Gasteiger charge is -2.15. The van der Waals surface area contributed by atoms with Crippen molar-refractivity contribution in [3.05, 3.63) is 89.5 Å².